The molecule has 0 amide bonds. The van der Waals surface area contributed by atoms with Gasteiger partial charge in [-0.05, 0) is 11.6 Å². The van der Waals surface area contributed by atoms with Crippen LogP contribution in [-0.2, 0) is 0 Å². The molecule has 0 saturated carbocycles. The molecular formula is C18H13N. The Kier molecular flexibility index (Phi) is 1.79. The molecule has 1 heteroatoms. The van der Waals surface area contributed by atoms with Gasteiger partial charge in [0, 0.05) is 21.9 Å². The van der Waals surface area contributed by atoms with Crippen molar-refractivity contribution in [3.05, 3.63) is 72.7 Å². The van der Waals surface area contributed by atoms with Crippen molar-refractivity contribution < 1.29 is 2.74 Å². The maximum Gasteiger partial charge on any atom is 0.0623 e. The number of benzene rings is 3. The molecular weight excluding hydrogens is 230 g/mol. The van der Waals surface area contributed by atoms with Crippen LogP contribution in [0.4, 0.5) is 0 Å². The Labute approximate surface area is 114 Å². The summed E-state index contributed by atoms with van der Waals surface area (Å²) in [5, 5.41) is 2.19. The SMILES string of the molecule is [2H]c1cccc(-c2cccc3c2[nH]c2ccc([2H])cc23)c1. The third-order valence-electron chi connectivity index (χ3n) is 3.50. The molecule has 4 rings (SSSR count). The molecule has 0 aliphatic carbocycles. The highest BCUT2D eigenvalue weighted by atomic mass is 14.7. The van der Waals surface area contributed by atoms with E-state index in [0.29, 0.717) is 12.1 Å². The average molecular weight is 245 g/mol. The predicted molar refractivity (Wildman–Crippen MR) is 81.2 cm³/mol. The summed E-state index contributed by atoms with van der Waals surface area (Å²) in [4.78, 5) is 3.45. The van der Waals surface area contributed by atoms with Gasteiger partial charge >= 0.3 is 0 Å². The van der Waals surface area contributed by atoms with Crippen LogP contribution in [0, 0.1) is 0 Å². The molecule has 0 aliphatic heterocycles. The summed E-state index contributed by atoms with van der Waals surface area (Å²) in [6.45, 7) is 0. The molecule has 0 unspecified atom stereocenters. The van der Waals surface area contributed by atoms with Crippen LogP contribution in [0.15, 0.2) is 72.7 Å². The van der Waals surface area contributed by atoms with Gasteiger partial charge in [0.15, 0.2) is 0 Å². The summed E-state index contributed by atoms with van der Waals surface area (Å²) in [6.07, 6.45) is 0. The number of fused-ring (bicyclic) bond motifs is 3. The molecule has 0 aliphatic rings. The number of hydrogen-bond acceptors (Lipinski definition) is 0. The van der Waals surface area contributed by atoms with E-state index in [0.717, 1.165) is 32.9 Å². The van der Waals surface area contributed by atoms with Crippen molar-refractivity contribution in [2.45, 2.75) is 0 Å². The minimum atomic E-state index is 0.508. The minimum absolute atomic E-state index is 0.508. The molecule has 0 radical (unpaired) electrons. The lowest BCUT2D eigenvalue weighted by Crippen LogP contribution is -1.79. The smallest absolute Gasteiger partial charge is 0.0623 e. The Morgan fingerprint density at radius 3 is 2.63 bits per heavy atom. The predicted octanol–water partition coefficient (Wildman–Crippen LogP) is 4.99. The highest BCUT2D eigenvalue weighted by Crippen LogP contribution is 2.32. The normalized spacial score (nSPS) is 12.6. The second kappa shape index (κ2) is 3.99. The number of aromatic nitrogens is 1. The molecule has 3 aromatic carbocycles. The first kappa shape index (κ1) is 8.54. The molecule has 19 heavy (non-hydrogen) atoms. The number of rotatable bonds is 1. The number of nitrogens with one attached hydrogen (secondary N) is 1. The maximum atomic E-state index is 7.80. The molecule has 0 saturated heterocycles. The zero-order valence-electron chi connectivity index (χ0n) is 12.3. The van der Waals surface area contributed by atoms with Gasteiger partial charge in [-0.3, -0.25) is 0 Å². The Hall–Kier alpha value is -2.54. The topological polar surface area (TPSA) is 15.8 Å². The van der Waals surface area contributed by atoms with Crippen molar-refractivity contribution in [3.8, 4) is 11.1 Å². The third-order valence-corrected chi connectivity index (χ3v) is 3.50. The van der Waals surface area contributed by atoms with Gasteiger partial charge in [0.05, 0.1) is 8.26 Å². The van der Waals surface area contributed by atoms with Crippen LogP contribution < -0.4 is 0 Å². The van der Waals surface area contributed by atoms with Crippen LogP contribution >= 0.6 is 0 Å². The molecule has 1 aromatic heterocycles. The molecule has 0 atom stereocenters. The highest BCUT2D eigenvalue weighted by molar-refractivity contribution is 6.11. The van der Waals surface area contributed by atoms with Crippen LogP contribution in [0.25, 0.3) is 32.9 Å². The lowest BCUT2D eigenvalue weighted by Gasteiger charge is -2.03. The fourth-order valence-electron chi connectivity index (χ4n) is 2.61. The van der Waals surface area contributed by atoms with E-state index < -0.39 is 0 Å². The van der Waals surface area contributed by atoms with Crippen LogP contribution in [0.5, 0.6) is 0 Å². The van der Waals surface area contributed by atoms with Crippen molar-refractivity contribution in [2.24, 2.45) is 0 Å². The zero-order chi connectivity index (χ0) is 14.4. The number of H-pyrrole nitrogens is 1. The summed E-state index contributed by atoms with van der Waals surface area (Å²) in [6, 6.07) is 20.4. The van der Waals surface area contributed by atoms with E-state index in [-0.39, 0.29) is 0 Å². The van der Waals surface area contributed by atoms with E-state index in [9.17, 15) is 0 Å². The fraction of sp³-hybridized carbons (Fsp3) is 0. The van der Waals surface area contributed by atoms with Crippen molar-refractivity contribution in [1.29, 1.82) is 0 Å². The largest absolute Gasteiger partial charge is 0.354 e. The lowest BCUT2D eigenvalue weighted by molar-refractivity contribution is 1.53. The molecule has 1 N–H and O–H groups in total. The van der Waals surface area contributed by atoms with E-state index in [4.69, 9.17) is 2.74 Å². The quantitative estimate of drug-likeness (QED) is 0.486. The fourth-order valence-corrected chi connectivity index (χ4v) is 2.61. The average Bonchev–Trinajstić information content (AvgIpc) is 2.85. The summed E-state index contributed by atoms with van der Waals surface area (Å²) in [5.41, 5.74) is 4.22. The highest BCUT2D eigenvalue weighted by Gasteiger charge is 2.08. The monoisotopic (exact) mass is 245 g/mol. The molecule has 0 fully saturated rings. The van der Waals surface area contributed by atoms with Gasteiger partial charge in [-0.15, -0.1) is 0 Å². The Morgan fingerprint density at radius 2 is 1.68 bits per heavy atom. The van der Waals surface area contributed by atoms with Crippen molar-refractivity contribution in [3.63, 3.8) is 0 Å². The zero-order valence-corrected chi connectivity index (χ0v) is 10.3. The van der Waals surface area contributed by atoms with Crippen molar-refractivity contribution in [1.82, 2.24) is 4.98 Å². The van der Waals surface area contributed by atoms with Crippen LogP contribution in [0.1, 0.15) is 2.74 Å². The van der Waals surface area contributed by atoms with Crippen LogP contribution in [-0.4, -0.2) is 4.98 Å². The first-order valence-electron chi connectivity index (χ1n) is 7.30. The summed E-state index contributed by atoms with van der Waals surface area (Å²) >= 11 is 0. The van der Waals surface area contributed by atoms with Gasteiger partial charge in [0.2, 0.25) is 0 Å². The summed E-state index contributed by atoms with van der Waals surface area (Å²) in [5.74, 6) is 0. The Bertz CT molecular complexity index is 969. The van der Waals surface area contributed by atoms with Gasteiger partial charge in [-0.25, -0.2) is 0 Å². The van der Waals surface area contributed by atoms with Gasteiger partial charge < -0.3 is 4.98 Å². The molecule has 1 heterocycles. The second-order valence-corrected chi connectivity index (χ2v) is 4.62. The van der Waals surface area contributed by atoms with Gasteiger partial charge in [-0.1, -0.05) is 66.7 Å². The third kappa shape index (κ3) is 1.55. The lowest BCUT2D eigenvalue weighted by atomic mass is 10.0. The van der Waals surface area contributed by atoms with Crippen LogP contribution in [0.2, 0.25) is 0 Å². The van der Waals surface area contributed by atoms with Gasteiger partial charge in [0.25, 0.3) is 0 Å². The summed E-state index contributed by atoms with van der Waals surface area (Å²) in [7, 11) is 0. The van der Waals surface area contributed by atoms with Gasteiger partial charge in [0.1, 0.15) is 0 Å². The Balaban J connectivity index is 2.09. The molecule has 90 valence electrons. The summed E-state index contributed by atoms with van der Waals surface area (Å²) < 4.78 is 15.6. The standard InChI is InChI=1S/C18H13N/c1-2-7-13(8-3-1)14-10-6-11-16-15-9-4-5-12-17(15)19-18(14)16/h1-12,19H/i2D,4D. The van der Waals surface area contributed by atoms with E-state index in [1.54, 1.807) is 12.1 Å². The van der Waals surface area contributed by atoms with Crippen molar-refractivity contribution >= 4 is 21.8 Å². The minimum Gasteiger partial charge on any atom is -0.354 e. The van der Waals surface area contributed by atoms with Gasteiger partial charge in [-0.2, -0.15) is 0 Å². The number of aromatic amines is 1. The van der Waals surface area contributed by atoms with E-state index >= 15 is 0 Å². The van der Waals surface area contributed by atoms with Crippen molar-refractivity contribution in [2.75, 3.05) is 0 Å². The van der Waals surface area contributed by atoms with E-state index in [1.807, 2.05) is 36.4 Å². The number of hydrogen-bond donors (Lipinski definition) is 1. The Morgan fingerprint density at radius 1 is 0.737 bits per heavy atom. The number of para-hydroxylation sites is 2. The van der Waals surface area contributed by atoms with Crippen LogP contribution in [0.3, 0.4) is 0 Å². The first-order chi connectivity index (χ1) is 10.2. The first-order valence-corrected chi connectivity index (χ1v) is 6.30. The van der Waals surface area contributed by atoms with E-state index in [2.05, 4.69) is 17.1 Å². The molecule has 1 nitrogen and oxygen atoms in total. The molecule has 0 spiro atoms. The maximum absolute atomic E-state index is 7.80. The molecule has 0 bridgehead atoms. The van der Waals surface area contributed by atoms with E-state index in [1.165, 1.54) is 0 Å². The second-order valence-electron chi connectivity index (χ2n) is 4.62. The molecule has 4 aromatic rings.